The molecule has 1 aromatic carbocycles. The van der Waals surface area contributed by atoms with Gasteiger partial charge in [0.1, 0.15) is 13.2 Å². The molecule has 190 valence electrons. The van der Waals surface area contributed by atoms with Crippen LogP contribution in [-0.4, -0.2) is 77.8 Å². The van der Waals surface area contributed by atoms with Crippen molar-refractivity contribution >= 4 is 17.7 Å². The van der Waals surface area contributed by atoms with Crippen molar-refractivity contribution in [1.29, 1.82) is 0 Å². The van der Waals surface area contributed by atoms with Gasteiger partial charge in [-0.25, -0.2) is 4.68 Å². The first kappa shape index (κ1) is 24.8. The molecule has 9 nitrogen and oxygen atoms in total. The van der Waals surface area contributed by atoms with Gasteiger partial charge in [-0.15, -0.1) is 5.10 Å². The van der Waals surface area contributed by atoms with Crippen LogP contribution in [0, 0.1) is 0 Å². The number of morpholine rings is 2. The molecule has 3 heterocycles. The van der Waals surface area contributed by atoms with Gasteiger partial charge in [0, 0.05) is 13.1 Å². The van der Waals surface area contributed by atoms with Gasteiger partial charge in [0.05, 0.1) is 37.4 Å². The molecule has 0 saturated carbocycles. The van der Waals surface area contributed by atoms with Crippen molar-refractivity contribution in [2.75, 3.05) is 50.9 Å². The van der Waals surface area contributed by atoms with E-state index >= 15 is 0 Å². The molecule has 0 unspecified atom stereocenters. The highest BCUT2D eigenvalue weighted by molar-refractivity contribution is 5.98. The molecule has 2 fully saturated rings. The standard InChI is InChI=1S/C20H19F6N5O4/c21-19(22,23)13-7-12(8-14(9-13)20(24,25)26)10-31-17(29-1-4-34-5-2-29)16(27-28-31)18(33)30-3-6-35-15(32)11-30/h7-9H,1-6,10-11H2. The van der Waals surface area contributed by atoms with Crippen LogP contribution in [0.3, 0.4) is 0 Å². The van der Waals surface area contributed by atoms with Crippen molar-refractivity contribution in [1.82, 2.24) is 19.9 Å². The van der Waals surface area contributed by atoms with E-state index in [2.05, 4.69) is 10.3 Å². The van der Waals surface area contributed by atoms with Crippen LogP contribution in [0.25, 0.3) is 0 Å². The first-order valence-corrected chi connectivity index (χ1v) is 10.4. The highest BCUT2D eigenvalue weighted by Crippen LogP contribution is 2.36. The zero-order valence-corrected chi connectivity index (χ0v) is 18.0. The fourth-order valence-electron chi connectivity index (χ4n) is 3.80. The maximum atomic E-state index is 13.3. The second-order valence-electron chi connectivity index (χ2n) is 7.88. The normalized spacial score (nSPS) is 17.5. The Kier molecular flexibility index (Phi) is 6.62. The number of rotatable bonds is 4. The van der Waals surface area contributed by atoms with E-state index < -0.39 is 41.9 Å². The lowest BCUT2D eigenvalue weighted by Crippen LogP contribution is -2.44. The average molecular weight is 507 g/mol. The molecule has 2 saturated heterocycles. The summed E-state index contributed by atoms with van der Waals surface area (Å²) >= 11 is 0. The number of aromatic nitrogens is 3. The van der Waals surface area contributed by atoms with Gasteiger partial charge in [0.2, 0.25) is 0 Å². The van der Waals surface area contributed by atoms with Crippen molar-refractivity contribution in [2.45, 2.75) is 18.9 Å². The Balaban J connectivity index is 1.73. The number of amides is 1. The molecule has 0 bridgehead atoms. The number of halogens is 6. The minimum Gasteiger partial charge on any atom is -0.462 e. The minimum atomic E-state index is -5.00. The number of hydrogen-bond acceptors (Lipinski definition) is 7. The quantitative estimate of drug-likeness (QED) is 0.463. The van der Waals surface area contributed by atoms with Gasteiger partial charge in [-0.3, -0.25) is 9.59 Å². The molecule has 1 aromatic heterocycles. The van der Waals surface area contributed by atoms with Crippen molar-refractivity contribution in [3.05, 3.63) is 40.6 Å². The SMILES string of the molecule is O=C1CN(C(=O)c2nnn(Cc3cc(C(F)(F)F)cc(C(F)(F)F)c3)c2N2CCOCC2)CCO1. The Bertz CT molecular complexity index is 1080. The van der Waals surface area contributed by atoms with Crippen LogP contribution in [0.1, 0.15) is 27.2 Å². The zero-order chi connectivity index (χ0) is 25.4. The van der Waals surface area contributed by atoms with Crippen molar-refractivity contribution in [3.63, 3.8) is 0 Å². The van der Waals surface area contributed by atoms with Gasteiger partial charge in [0.15, 0.2) is 11.5 Å². The molecule has 0 aliphatic carbocycles. The number of carbonyl (C=O) groups is 2. The minimum absolute atomic E-state index is 0.0178. The summed E-state index contributed by atoms with van der Waals surface area (Å²) in [4.78, 5) is 27.5. The summed E-state index contributed by atoms with van der Waals surface area (Å²) in [6.45, 7) is 0.364. The fraction of sp³-hybridized carbons (Fsp3) is 0.500. The van der Waals surface area contributed by atoms with Crippen LogP contribution in [0.5, 0.6) is 0 Å². The number of anilines is 1. The first-order chi connectivity index (χ1) is 16.4. The number of hydrogen-bond donors (Lipinski definition) is 0. The Morgan fingerprint density at radius 2 is 1.57 bits per heavy atom. The lowest BCUT2D eigenvalue weighted by Gasteiger charge is -2.30. The topological polar surface area (TPSA) is 89.8 Å². The van der Waals surface area contributed by atoms with Crippen LogP contribution >= 0.6 is 0 Å². The summed E-state index contributed by atoms with van der Waals surface area (Å²) < 4.78 is 90.9. The maximum absolute atomic E-state index is 13.3. The summed E-state index contributed by atoms with van der Waals surface area (Å²) in [5.74, 6) is -1.16. The molecule has 35 heavy (non-hydrogen) atoms. The van der Waals surface area contributed by atoms with Gasteiger partial charge >= 0.3 is 18.3 Å². The van der Waals surface area contributed by atoms with Gasteiger partial charge in [-0.05, 0) is 23.8 Å². The smallest absolute Gasteiger partial charge is 0.416 e. The molecule has 0 atom stereocenters. The number of ether oxygens (including phenoxy) is 2. The molecule has 4 rings (SSSR count). The van der Waals surface area contributed by atoms with E-state index in [0.29, 0.717) is 12.1 Å². The van der Waals surface area contributed by atoms with Crippen molar-refractivity contribution < 1.29 is 45.4 Å². The van der Waals surface area contributed by atoms with E-state index in [1.54, 1.807) is 4.90 Å². The summed E-state index contributed by atoms with van der Waals surface area (Å²) in [5.41, 5.74) is -3.42. The van der Waals surface area contributed by atoms with Gasteiger partial charge in [-0.2, -0.15) is 26.3 Å². The second-order valence-corrected chi connectivity index (χ2v) is 7.88. The van der Waals surface area contributed by atoms with Crippen LogP contribution in [0.15, 0.2) is 18.2 Å². The molecule has 2 aliphatic heterocycles. The highest BCUT2D eigenvalue weighted by Gasteiger charge is 2.37. The molecular weight excluding hydrogens is 488 g/mol. The molecule has 1 amide bonds. The Morgan fingerprint density at radius 1 is 0.943 bits per heavy atom. The zero-order valence-electron chi connectivity index (χ0n) is 18.0. The third-order valence-corrected chi connectivity index (χ3v) is 5.43. The molecule has 2 aliphatic rings. The number of esters is 1. The monoisotopic (exact) mass is 507 g/mol. The third-order valence-electron chi connectivity index (χ3n) is 5.43. The number of cyclic esters (lactones) is 1. The Labute approximate surface area is 194 Å². The summed E-state index contributed by atoms with van der Waals surface area (Å²) in [5, 5.41) is 7.74. The Morgan fingerprint density at radius 3 is 2.14 bits per heavy atom. The highest BCUT2D eigenvalue weighted by atomic mass is 19.4. The molecular formula is C20H19F6N5O4. The Hall–Kier alpha value is -3.36. The molecule has 0 N–H and O–H groups in total. The molecule has 15 heteroatoms. The summed E-state index contributed by atoms with van der Waals surface area (Å²) in [6.07, 6.45) is -10.0. The average Bonchev–Trinajstić information content (AvgIpc) is 3.21. The number of nitrogens with zero attached hydrogens (tertiary/aromatic N) is 5. The van der Waals surface area contributed by atoms with E-state index in [4.69, 9.17) is 9.47 Å². The van der Waals surface area contributed by atoms with Gasteiger partial charge in [-0.1, -0.05) is 5.21 Å². The van der Waals surface area contributed by atoms with Crippen LogP contribution in [0.4, 0.5) is 32.2 Å². The van der Waals surface area contributed by atoms with Crippen molar-refractivity contribution in [2.24, 2.45) is 0 Å². The van der Waals surface area contributed by atoms with E-state index in [1.807, 2.05) is 0 Å². The number of carbonyl (C=O) groups excluding carboxylic acids is 2. The van der Waals surface area contributed by atoms with Crippen LogP contribution in [0.2, 0.25) is 0 Å². The van der Waals surface area contributed by atoms with Crippen LogP contribution < -0.4 is 4.90 Å². The van der Waals surface area contributed by atoms with E-state index in [-0.39, 0.29) is 69.1 Å². The third kappa shape index (κ3) is 5.49. The number of benzene rings is 1. The molecule has 0 radical (unpaired) electrons. The maximum Gasteiger partial charge on any atom is 0.416 e. The largest absolute Gasteiger partial charge is 0.462 e. The van der Waals surface area contributed by atoms with Gasteiger partial charge < -0.3 is 19.3 Å². The summed E-state index contributed by atoms with van der Waals surface area (Å²) in [7, 11) is 0. The predicted octanol–water partition coefficient (Wildman–Crippen LogP) is 2.20. The lowest BCUT2D eigenvalue weighted by atomic mass is 10.0. The van der Waals surface area contributed by atoms with Gasteiger partial charge in [0.25, 0.3) is 5.91 Å². The molecule has 0 spiro atoms. The van der Waals surface area contributed by atoms with E-state index in [0.717, 1.165) is 4.68 Å². The van der Waals surface area contributed by atoms with Crippen LogP contribution in [-0.2, 0) is 33.2 Å². The first-order valence-electron chi connectivity index (χ1n) is 10.4. The molecule has 2 aromatic rings. The summed E-state index contributed by atoms with van der Waals surface area (Å²) in [6, 6.07) is 1.24. The predicted molar refractivity (Wildman–Crippen MR) is 105 cm³/mol. The fourth-order valence-corrected chi connectivity index (χ4v) is 3.80. The van der Waals surface area contributed by atoms with Crippen molar-refractivity contribution in [3.8, 4) is 0 Å². The van der Waals surface area contributed by atoms with E-state index in [9.17, 15) is 35.9 Å². The van der Waals surface area contributed by atoms with E-state index in [1.165, 1.54) is 4.90 Å². The lowest BCUT2D eigenvalue weighted by molar-refractivity contribution is -0.149. The second kappa shape index (κ2) is 9.36. The number of alkyl halides is 6.